The number of aryl methyl sites for hydroxylation is 1. The number of aromatic nitrogens is 5. The number of methoxy groups -OCH3 is 1. The van der Waals surface area contributed by atoms with Gasteiger partial charge in [-0.15, -0.1) is 5.10 Å². The molecule has 1 unspecified atom stereocenters. The number of anilines is 1. The van der Waals surface area contributed by atoms with E-state index in [0.29, 0.717) is 39.2 Å². The summed E-state index contributed by atoms with van der Waals surface area (Å²) in [6.07, 6.45) is -3.15. The van der Waals surface area contributed by atoms with Gasteiger partial charge in [0.2, 0.25) is 0 Å². The minimum Gasteiger partial charge on any atom is -0.496 e. The molecule has 1 aliphatic heterocycles. The molecule has 0 bridgehead atoms. The summed E-state index contributed by atoms with van der Waals surface area (Å²) in [5.41, 5.74) is 1.41. The van der Waals surface area contributed by atoms with E-state index in [1.54, 1.807) is 25.1 Å². The lowest BCUT2D eigenvalue weighted by Gasteiger charge is -2.26. The minimum absolute atomic E-state index is 0.0382. The number of hydrogen-bond acceptors (Lipinski definition) is 7. The van der Waals surface area contributed by atoms with Crippen LogP contribution < -0.4 is 9.64 Å². The van der Waals surface area contributed by atoms with Crippen LogP contribution in [0.15, 0.2) is 47.1 Å². The maximum atomic E-state index is 14.5. The molecule has 13 heteroatoms. The van der Waals surface area contributed by atoms with Crippen LogP contribution in [0.3, 0.4) is 0 Å². The van der Waals surface area contributed by atoms with Gasteiger partial charge >= 0.3 is 6.18 Å². The van der Waals surface area contributed by atoms with Gasteiger partial charge < -0.3 is 14.2 Å². The Morgan fingerprint density at radius 1 is 1.22 bits per heavy atom. The highest BCUT2D eigenvalue weighted by atomic mass is 19.4. The average molecular weight is 516 g/mol. The molecule has 2 aromatic heterocycles. The van der Waals surface area contributed by atoms with Crippen LogP contribution >= 0.6 is 0 Å². The molecular weight excluding hydrogens is 496 g/mol. The summed E-state index contributed by atoms with van der Waals surface area (Å²) in [6.45, 7) is 0.138. The van der Waals surface area contributed by atoms with Crippen molar-refractivity contribution in [3.8, 4) is 28.5 Å². The SMILES string of the molecule is COc1cc(-c2nc(C)no2)ccc1-c1cn(C2CCc3c(F)cccc3N(CC(F)(F)F)C2=O)nn1. The highest BCUT2D eigenvalue weighted by molar-refractivity contribution is 5.97. The van der Waals surface area contributed by atoms with Gasteiger partial charge in [-0.25, -0.2) is 9.07 Å². The summed E-state index contributed by atoms with van der Waals surface area (Å²) in [7, 11) is 1.46. The summed E-state index contributed by atoms with van der Waals surface area (Å²) >= 11 is 0. The smallest absolute Gasteiger partial charge is 0.406 e. The van der Waals surface area contributed by atoms with Crippen molar-refractivity contribution >= 4 is 11.6 Å². The van der Waals surface area contributed by atoms with Gasteiger partial charge in [0.15, 0.2) is 5.82 Å². The Bertz CT molecular complexity index is 1460. The van der Waals surface area contributed by atoms with Gasteiger partial charge in [-0.1, -0.05) is 16.4 Å². The third kappa shape index (κ3) is 4.76. The van der Waals surface area contributed by atoms with E-state index in [2.05, 4.69) is 20.5 Å². The second-order valence-corrected chi connectivity index (χ2v) is 8.48. The number of rotatable bonds is 5. The molecule has 1 amide bonds. The largest absolute Gasteiger partial charge is 0.496 e. The fourth-order valence-electron chi connectivity index (χ4n) is 4.34. The van der Waals surface area contributed by atoms with E-state index in [9.17, 15) is 22.4 Å². The highest BCUT2D eigenvalue weighted by Gasteiger charge is 2.40. The summed E-state index contributed by atoms with van der Waals surface area (Å²) < 4.78 is 66.5. The van der Waals surface area contributed by atoms with Crippen LogP contribution in [0, 0.1) is 12.7 Å². The van der Waals surface area contributed by atoms with Crippen LogP contribution in [-0.4, -0.2) is 50.9 Å². The molecule has 192 valence electrons. The van der Waals surface area contributed by atoms with Crippen molar-refractivity contribution in [2.75, 3.05) is 18.6 Å². The number of hydrogen-bond donors (Lipinski definition) is 0. The molecule has 2 aromatic carbocycles. The number of halogens is 4. The zero-order valence-corrected chi connectivity index (χ0v) is 19.7. The van der Waals surface area contributed by atoms with Crippen LogP contribution in [0.4, 0.5) is 23.2 Å². The van der Waals surface area contributed by atoms with Crippen molar-refractivity contribution in [2.24, 2.45) is 0 Å². The molecular formula is C24H20F4N6O3. The van der Waals surface area contributed by atoms with E-state index in [0.717, 1.165) is 6.07 Å². The Morgan fingerprint density at radius 2 is 2.03 bits per heavy atom. The minimum atomic E-state index is -4.69. The molecule has 1 atom stereocenters. The molecule has 0 spiro atoms. The van der Waals surface area contributed by atoms with E-state index in [1.165, 1.54) is 30.1 Å². The summed E-state index contributed by atoms with van der Waals surface area (Å²) in [5, 5.41) is 11.9. The van der Waals surface area contributed by atoms with Crippen molar-refractivity contribution in [3.63, 3.8) is 0 Å². The Kier molecular flexibility index (Phi) is 6.13. The second kappa shape index (κ2) is 9.30. The molecule has 0 radical (unpaired) electrons. The van der Waals surface area contributed by atoms with Crippen LogP contribution in [-0.2, 0) is 11.2 Å². The number of carbonyl (C=O) groups is 1. The number of carbonyl (C=O) groups excluding carboxylic acids is 1. The maximum absolute atomic E-state index is 14.5. The van der Waals surface area contributed by atoms with Crippen molar-refractivity contribution in [2.45, 2.75) is 32.0 Å². The summed E-state index contributed by atoms with van der Waals surface area (Å²) in [5.74, 6) is -0.353. The molecule has 0 fully saturated rings. The lowest BCUT2D eigenvalue weighted by atomic mass is 10.1. The number of nitrogens with zero attached hydrogens (tertiary/aromatic N) is 6. The Hall–Kier alpha value is -4.29. The molecule has 0 saturated carbocycles. The first-order chi connectivity index (χ1) is 17.6. The van der Waals surface area contributed by atoms with Crippen molar-refractivity contribution in [3.05, 3.63) is 59.8 Å². The highest BCUT2D eigenvalue weighted by Crippen LogP contribution is 2.36. The van der Waals surface area contributed by atoms with E-state index in [-0.39, 0.29) is 24.1 Å². The molecule has 3 heterocycles. The monoisotopic (exact) mass is 516 g/mol. The summed E-state index contributed by atoms with van der Waals surface area (Å²) in [4.78, 5) is 18.1. The predicted molar refractivity (Wildman–Crippen MR) is 122 cm³/mol. The first kappa shape index (κ1) is 24.4. The van der Waals surface area contributed by atoms with Crippen molar-refractivity contribution < 1.29 is 31.6 Å². The lowest BCUT2D eigenvalue weighted by Crippen LogP contribution is -2.42. The van der Waals surface area contributed by atoms with E-state index in [1.807, 2.05) is 0 Å². The Morgan fingerprint density at radius 3 is 2.73 bits per heavy atom. The van der Waals surface area contributed by atoms with E-state index in [4.69, 9.17) is 9.26 Å². The Balaban J connectivity index is 1.49. The number of ether oxygens (including phenoxy) is 1. The zero-order chi connectivity index (χ0) is 26.3. The predicted octanol–water partition coefficient (Wildman–Crippen LogP) is 4.53. The van der Waals surface area contributed by atoms with Crippen LogP contribution in [0.1, 0.15) is 23.9 Å². The van der Waals surface area contributed by atoms with Crippen LogP contribution in [0.2, 0.25) is 0 Å². The van der Waals surface area contributed by atoms with Gasteiger partial charge in [0, 0.05) is 16.7 Å². The van der Waals surface area contributed by atoms with Crippen LogP contribution in [0.25, 0.3) is 22.7 Å². The third-order valence-corrected chi connectivity index (χ3v) is 6.02. The molecule has 0 saturated heterocycles. The van der Waals surface area contributed by atoms with Gasteiger partial charge in [-0.3, -0.25) is 4.79 Å². The first-order valence-electron chi connectivity index (χ1n) is 11.2. The average Bonchev–Trinajstić information content (AvgIpc) is 3.49. The van der Waals surface area contributed by atoms with Gasteiger partial charge in [-0.05, 0) is 50.1 Å². The van der Waals surface area contributed by atoms with E-state index >= 15 is 0 Å². The molecule has 5 rings (SSSR count). The van der Waals surface area contributed by atoms with Gasteiger partial charge in [0.1, 0.15) is 29.8 Å². The van der Waals surface area contributed by atoms with Crippen molar-refractivity contribution in [1.82, 2.24) is 25.1 Å². The molecule has 0 aliphatic carbocycles. The number of alkyl halides is 3. The van der Waals surface area contributed by atoms with Gasteiger partial charge in [-0.2, -0.15) is 18.2 Å². The van der Waals surface area contributed by atoms with Gasteiger partial charge in [0.25, 0.3) is 11.8 Å². The molecule has 1 aliphatic rings. The topological polar surface area (TPSA) is 99.2 Å². The number of fused-ring (bicyclic) bond motifs is 1. The molecule has 9 nitrogen and oxygen atoms in total. The maximum Gasteiger partial charge on any atom is 0.406 e. The standard InChI is InChI=1S/C24H20F4N6O3/c1-13-29-22(37-31-13)14-6-7-16(21(10-14)36-2)18-11-34(32-30-18)20-9-8-15-17(25)4-3-5-19(15)33(23(20)35)12-24(26,27)28/h3-7,10-11,20H,8-9,12H2,1-2H3. The molecule has 4 aromatic rings. The fourth-order valence-corrected chi connectivity index (χ4v) is 4.34. The quantitative estimate of drug-likeness (QED) is 0.359. The van der Waals surface area contributed by atoms with Crippen molar-refractivity contribution in [1.29, 1.82) is 0 Å². The Labute approximate surface area is 207 Å². The number of benzene rings is 2. The third-order valence-electron chi connectivity index (χ3n) is 6.02. The van der Waals surface area contributed by atoms with Crippen LogP contribution in [0.5, 0.6) is 5.75 Å². The summed E-state index contributed by atoms with van der Waals surface area (Å²) in [6, 6.07) is 7.71. The van der Waals surface area contributed by atoms with E-state index < -0.39 is 30.5 Å². The zero-order valence-electron chi connectivity index (χ0n) is 19.7. The molecule has 0 N–H and O–H groups in total. The first-order valence-corrected chi connectivity index (χ1v) is 11.2. The fraction of sp³-hybridized carbons (Fsp3) is 0.292. The number of amides is 1. The lowest BCUT2D eigenvalue weighted by molar-refractivity contribution is -0.134. The van der Waals surface area contributed by atoms with Gasteiger partial charge in [0.05, 0.1) is 19.0 Å². The normalized spacial score (nSPS) is 16.0. The second-order valence-electron chi connectivity index (χ2n) is 8.48. The molecule has 37 heavy (non-hydrogen) atoms.